The first-order valence-electron chi connectivity index (χ1n) is 8.52. The van der Waals surface area contributed by atoms with E-state index in [-0.39, 0.29) is 24.8 Å². The number of hydrogen-bond acceptors (Lipinski definition) is 4. The van der Waals surface area contributed by atoms with E-state index < -0.39 is 5.91 Å². The SMILES string of the molecule is Cc1ccccc1OCc1ccc(C(=O)NCC(=O)Nc2ccccc2)o1. The molecule has 0 atom stereocenters. The number of anilines is 1. The molecule has 0 radical (unpaired) electrons. The van der Waals surface area contributed by atoms with Crippen molar-refractivity contribution in [3.63, 3.8) is 0 Å². The topological polar surface area (TPSA) is 80.6 Å². The molecule has 1 aromatic heterocycles. The number of carbonyl (C=O) groups excluding carboxylic acids is 2. The van der Waals surface area contributed by atoms with Gasteiger partial charge in [-0.15, -0.1) is 0 Å². The van der Waals surface area contributed by atoms with Crippen LogP contribution in [-0.4, -0.2) is 18.4 Å². The molecule has 2 aromatic carbocycles. The Hall–Kier alpha value is -3.54. The predicted octanol–water partition coefficient (Wildman–Crippen LogP) is 3.54. The van der Waals surface area contributed by atoms with Crippen LogP contribution in [0.2, 0.25) is 0 Å². The van der Waals surface area contributed by atoms with Crippen LogP contribution in [0.25, 0.3) is 0 Å². The third kappa shape index (κ3) is 5.22. The van der Waals surface area contributed by atoms with Gasteiger partial charge in [0.25, 0.3) is 5.91 Å². The Kier molecular flexibility index (Phi) is 5.89. The van der Waals surface area contributed by atoms with Crippen LogP contribution in [0.1, 0.15) is 21.9 Å². The Bertz CT molecular complexity index is 919. The van der Waals surface area contributed by atoms with Gasteiger partial charge >= 0.3 is 0 Å². The van der Waals surface area contributed by atoms with Crippen molar-refractivity contribution in [3.05, 3.63) is 83.8 Å². The summed E-state index contributed by atoms with van der Waals surface area (Å²) in [5, 5.41) is 5.22. The molecule has 6 heteroatoms. The number of carbonyl (C=O) groups is 2. The van der Waals surface area contributed by atoms with Crippen LogP contribution in [0.3, 0.4) is 0 Å². The fraction of sp³-hybridized carbons (Fsp3) is 0.143. The van der Waals surface area contributed by atoms with Crippen molar-refractivity contribution in [1.82, 2.24) is 5.32 Å². The van der Waals surface area contributed by atoms with Crippen molar-refractivity contribution in [2.75, 3.05) is 11.9 Å². The highest BCUT2D eigenvalue weighted by Gasteiger charge is 2.13. The summed E-state index contributed by atoms with van der Waals surface area (Å²) in [4.78, 5) is 24.0. The van der Waals surface area contributed by atoms with Gasteiger partial charge in [0.15, 0.2) is 5.76 Å². The highest BCUT2D eigenvalue weighted by molar-refractivity contribution is 5.98. The van der Waals surface area contributed by atoms with E-state index in [9.17, 15) is 9.59 Å². The average molecular weight is 364 g/mol. The molecule has 27 heavy (non-hydrogen) atoms. The zero-order chi connectivity index (χ0) is 19.1. The lowest BCUT2D eigenvalue weighted by atomic mass is 10.2. The molecule has 2 amide bonds. The predicted molar refractivity (Wildman–Crippen MR) is 102 cm³/mol. The molecule has 3 aromatic rings. The molecule has 0 spiro atoms. The maximum atomic E-state index is 12.1. The molecule has 138 valence electrons. The summed E-state index contributed by atoms with van der Waals surface area (Å²) in [7, 11) is 0. The second kappa shape index (κ2) is 8.71. The van der Waals surface area contributed by atoms with Crippen LogP contribution in [0, 0.1) is 6.92 Å². The molecule has 0 aliphatic heterocycles. The minimum absolute atomic E-state index is 0.130. The molecule has 1 heterocycles. The first-order chi connectivity index (χ1) is 13.1. The number of benzene rings is 2. The molecule has 2 N–H and O–H groups in total. The Morgan fingerprint density at radius 2 is 1.70 bits per heavy atom. The van der Waals surface area contributed by atoms with Gasteiger partial charge in [-0.1, -0.05) is 36.4 Å². The van der Waals surface area contributed by atoms with Crippen LogP contribution >= 0.6 is 0 Å². The normalized spacial score (nSPS) is 10.3. The van der Waals surface area contributed by atoms with E-state index in [1.807, 2.05) is 49.4 Å². The fourth-order valence-electron chi connectivity index (χ4n) is 2.42. The Morgan fingerprint density at radius 1 is 0.963 bits per heavy atom. The monoisotopic (exact) mass is 364 g/mol. The van der Waals surface area contributed by atoms with Gasteiger partial charge in [0.05, 0.1) is 6.54 Å². The van der Waals surface area contributed by atoms with Gasteiger partial charge in [-0.05, 0) is 42.8 Å². The largest absolute Gasteiger partial charge is 0.485 e. The minimum Gasteiger partial charge on any atom is -0.485 e. The van der Waals surface area contributed by atoms with Crippen LogP contribution in [0.15, 0.2) is 71.1 Å². The highest BCUT2D eigenvalue weighted by atomic mass is 16.5. The molecule has 6 nitrogen and oxygen atoms in total. The minimum atomic E-state index is -0.458. The van der Waals surface area contributed by atoms with Crippen molar-refractivity contribution >= 4 is 17.5 Å². The summed E-state index contributed by atoms with van der Waals surface area (Å²) >= 11 is 0. The molecule has 0 aliphatic rings. The number of aryl methyl sites for hydroxylation is 1. The molecular weight excluding hydrogens is 344 g/mol. The van der Waals surface area contributed by atoms with Crippen LogP contribution < -0.4 is 15.4 Å². The number of nitrogens with one attached hydrogen (secondary N) is 2. The summed E-state index contributed by atoms with van der Waals surface area (Å²) < 4.78 is 11.2. The summed E-state index contributed by atoms with van der Waals surface area (Å²) in [5.74, 6) is 0.644. The van der Waals surface area contributed by atoms with E-state index in [1.165, 1.54) is 0 Å². The number of rotatable bonds is 7. The van der Waals surface area contributed by atoms with E-state index in [1.54, 1.807) is 24.3 Å². The van der Waals surface area contributed by atoms with Gasteiger partial charge in [-0.2, -0.15) is 0 Å². The lowest BCUT2D eigenvalue weighted by Crippen LogP contribution is -2.32. The van der Waals surface area contributed by atoms with Crippen LogP contribution in [0.4, 0.5) is 5.69 Å². The van der Waals surface area contributed by atoms with Gasteiger partial charge in [0.2, 0.25) is 5.91 Å². The van der Waals surface area contributed by atoms with Crippen LogP contribution in [0.5, 0.6) is 5.75 Å². The van der Waals surface area contributed by atoms with Crippen molar-refractivity contribution in [2.24, 2.45) is 0 Å². The van der Waals surface area contributed by atoms with Gasteiger partial charge in [-0.25, -0.2) is 0 Å². The Labute approximate surface area is 157 Å². The first kappa shape index (κ1) is 18.3. The maximum absolute atomic E-state index is 12.1. The van der Waals surface area contributed by atoms with Crippen molar-refractivity contribution in [3.8, 4) is 5.75 Å². The van der Waals surface area contributed by atoms with Gasteiger partial charge < -0.3 is 19.8 Å². The van der Waals surface area contributed by atoms with Crippen molar-refractivity contribution in [1.29, 1.82) is 0 Å². The number of para-hydroxylation sites is 2. The summed E-state index contributed by atoms with van der Waals surface area (Å²) in [6.07, 6.45) is 0. The van der Waals surface area contributed by atoms with E-state index in [2.05, 4.69) is 10.6 Å². The second-order valence-electron chi connectivity index (χ2n) is 5.92. The summed E-state index contributed by atoms with van der Waals surface area (Å²) in [6, 6.07) is 19.9. The zero-order valence-electron chi connectivity index (χ0n) is 14.9. The third-order valence-corrected chi connectivity index (χ3v) is 3.82. The standard InChI is InChI=1S/C21H20N2O4/c1-15-7-5-6-10-18(15)26-14-17-11-12-19(27-17)21(25)22-13-20(24)23-16-8-3-2-4-9-16/h2-12H,13-14H2,1H3,(H,22,25)(H,23,24). The van der Waals surface area contributed by atoms with Crippen LogP contribution in [-0.2, 0) is 11.4 Å². The molecule has 0 saturated heterocycles. The lowest BCUT2D eigenvalue weighted by molar-refractivity contribution is -0.115. The number of furan rings is 1. The Balaban J connectivity index is 1.48. The lowest BCUT2D eigenvalue weighted by Gasteiger charge is -2.07. The van der Waals surface area contributed by atoms with E-state index in [4.69, 9.17) is 9.15 Å². The zero-order valence-corrected chi connectivity index (χ0v) is 14.9. The molecular formula is C21H20N2O4. The Morgan fingerprint density at radius 3 is 2.48 bits per heavy atom. The van der Waals surface area contributed by atoms with E-state index in [0.717, 1.165) is 11.3 Å². The van der Waals surface area contributed by atoms with E-state index in [0.29, 0.717) is 11.4 Å². The third-order valence-electron chi connectivity index (χ3n) is 3.82. The van der Waals surface area contributed by atoms with Gasteiger partial charge in [0.1, 0.15) is 18.1 Å². The smallest absolute Gasteiger partial charge is 0.287 e. The molecule has 0 saturated carbocycles. The van der Waals surface area contributed by atoms with E-state index >= 15 is 0 Å². The second-order valence-corrected chi connectivity index (χ2v) is 5.92. The summed E-state index contributed by atoms with van der Waals surface area (Å²) in [5.41, 5.74) is 1.69. The van der Waals surface area contributed by atoms with Crippen molar-refractivity contribution in [2.45, 2.75) is 13.5 Å². The maximum Gasteiger partial charge on any atom is 0.287 e. The van der Waals surface area contributed by atoms with Gasteiger partial charge in [-0.3, -0.25) is 9.59 Å². The fourth-order valence-corrected chi connectivity index (χ4v) is 2.42. The quantitative estimate of drug-likeness (QED) is 0.672. The van der Waals surface area contributed by atoms with Gasteiger partial charge in [0, 0.05) is 5.69 Å². The first-order valence-corrected chi connectivity index (χ1v) is 8.52. The average Bonchev–Trinajstić information content (AvgIpc) is 3.15. The molecule has 0 aliphatic carbocycles. The number of hydrogen-bond donors (Lipinski definition) is 2. The molecule has 0 bridgehead atoms. The number of ether oxygens (including phenoxy) is 1. The molecule has 3 rings (SSSR count). The molecule has 0 unspecified atom stereocenters. The highest BCUT2D eigenvalue weighted by Crippen LogP contribution is 2.18. The molecule has 0 fully saturated rings. The van der Waals surface area contributed by atoms with Crippen molar-refractivity contribution < 1.29 is 18.7 Å². The summed E-state index contributed by atoms with van der Waals surface area (Å²) in [6.45, 7) is 2.02. The number of amides is 2.